The van der Waals surface area contributed by atoms with Crippen LogP contribution in [0.1, 0.15) is 39.2 Å². The molecule has 1 heterocycles. The lowest BCUT2D eigenvalue weighted by Gasteiger charge is -2.40. The molecule has 2 bridgehead atoms. The van der Waals surface area contributed by atoms with E-state index in [1.165, 1.54) is 0 Å². The van der Waals surface area contributed by atoms with Gasteiger partial charge in [0.25, 0.3) is 11.1 Å². The monoisotopic (exact) mass is 375 g/mol. The minimum Gasteiger partial charge on any atom is -0.465 e. The first-order valence-corrected chi connectivity index (χ1v) is 9.52. The Kier molecular flexibility index (Phi) is 3.79. The Hall–Kier alpha value is -1.39. The van der Waals surface area contributed by atoms with Crippen molar-refractivity contribution in [1.82, 2.24) is 4.90 Å². The maximum Gasteiger partial charge on any atom is 0.267 e. The number of carbonyl (C=O) groups excluding carboxylic acids is 1. The number of hydrogen-bond acceptors (Lipinski definition) is 3. The van der Waals surface area contributed by atoms with Crippen molar-refractivity contribution in [3.63, 3.8) is 0 Å². The van der Waals surface area contributed by atoms with Crippen molar-refractivity contribution in [3.8, 4) is 0 Å². The van der Waals surface area contributed by atoms with Gasteiger partial charge in [0, 0.05) is 17.0 Å². The lowest BCUT2D eigenvalue weighted by molar-refractivity contribution is -0.125. The minimum atomic E-state index is -0.1000. The number of hydrogen-bond donors (Lipinski definition) is 0. The zero-order valence-corrected chi connectivity index (χ0v) is 16.2. The Morgan fingerprint density at radius 2 is 2.00 bits per heavy atom. The number of halogens is 1. The van der Waals surface area contributed by atoms with Crippen molar-refractivity contribution in [2.24, 2.45) is 16.7 Å². The Bertz CT molecular complexity index is 772. The molecule has 1 aromatic carbocycles. The van der Waals surface area contributed by atoms with Crippen molar-refractivity contribution in [3.05, 3.63) is 40.9 Å². The fraction of sp³-hybridized carbons (Fsp3) is 0.500. The van der Waals surface area contributed by atoms with E-state index in [1.54, 1.807) is 17.1 Å². The molecular weight excluding hydrogens is 354 g/mol. The summed E-state index contributed by atoms with van der Waals surface area (Å²) < 4.78 is 6.01. The normalized spacial score (nSPS) is 35.3. The van der Waals surface area contributed by atoms with E-state index in [-0.39, 0.29) is 28.9 Å². The number of ether oxygens (including phenoxy) is 1. The highest BCUT2D eigenvalue weighted by molar-refractivity contribution is 7.80. The number of carbonyl (C=O) groups is 1. The highest BCUT2D eigenvalue weighted by Crippen LogP contribution is 2.68. The summed E-state index contributed by atoms with van der Waals surface area (Å²) in [6.45, 7) is 6.90. The zero-order valence-electron chi connectivity index (χ0n) is 14.7. The van der Waals surface area contributed by atoms with E-state index in [2.05, 4.69) is 20.8 Å². The van der Waals surface area contributed by atoms with Crippen molar-refractivity contribution in [1.29, 1.82) is 0 Å². The fourth-order valence-corrected chi connectivity index (χ4v) is 5.60. The van der Waals surface area contributed by atoms with Crippen LogP contribution in [0.25, 0.3) is 6.08 Å². The van der Waals surface area contributed by atoms with Crippen LogP contribution in [-0.2, 0) is 9.53 Å². The highest BCUT2D eigenvalue weighted by atomic mass is 35.5. The molecule has 1 saturated heterocycles. The van der Waals surface area contributed by atoms with Gasteiger partial charge >= 0.3 is 0 Å². The van der Waals surface area contributed by atoms with Gasteiger partial charge in [-0.05, 0) is 59.7 Å². The molecule has 0 aromatic heterocycles. The molecule has 2 saturated carbocycles. The first kappa shape index (κ1) is 17.0. The van der Waals surface area contributed by atoms with Crippen LogP contribution in [0.4, 0.5) is 0 Å². The van der Waals surface area contributed by atoms with E-state index in [4.69, 9.17) is 28.6 Å². The van der Waals surface area contributed by atoms with Gasteiger partial charge in [0.2, 0.25) is 0 Å². The Morgan fingerprint density at radius 3 is 2.68 bits per heavy atom. The predicted molar refractivity (Wildman–Crippen MR) is 103 cm³/mol. The molecule has 132 valence electrons. The quantitative estimate of drug-likeness (QED) is 0.554. The molecule has 1 amide bonds. The molecule has 3 aliphatic rings. The van der Waals surface area contributed by atoms with E-state index in [1.807, 2.05) is 24.3 Å². The molecular formula is C20H22ClNO2S. The summed E-state index contributed by atoms with van der Waals surface area (Å²) in [7, 11) is 0. The summed E-state index contributed by atoms with van der Waals surface area (Å²) in [6, 6.07) is 7.43. The van der Waals surface area contributed by atoms with Crippen LogP contribution in [0.2, 0.25) is 5.02 Å². The van der Waals surface area contributed by atoms with Crippen LogP contribution >= 0.6 is 23.8 Å². The summed E-state index contributed by atoms with van der Waals surface area (Å²) >= 11 is 11.3. The Balaban J connectivity index is 1.61. The van der Waals surface area contributed by atoms with Gasteiger partial charge in [-0.3, -0.25) is 9.69 Å². The topological polar surface area (TPSA) is 29.5 Å². The van der Waals surface area contributed by atoms with Gasteiger partial charge in [-0.2, -0.15) is 0 Å². The van der Waals surface area contributed by atoms with Gasteiger partial charge in [-0.1, -0.05) is 44.5 Å². The standard InChI is InChI=1S/C20H22ClNO2S/c1-19(2)14-10-11-20(19,3)17-16(14)24-18(25)22(17)15(23)9-6-12-4-7-13(21)8-5-12/h4-9,14,16-17H,10-11H2,1-3H3/b9-6+/t14?,16-,17-,20+/m1/s1. The summed E-state index contributed by atoms with van der Waals surface area (Å²) in [5, 5.41) is 1.01. The third kappa shape index (κ3) is 2.30. The molecule has 2 aliphatic carbocycles. The van der Waals surface area contributed by atoms with E-state index in [9.17, 15) is 4.79 Å². The second-order valence-electron chi connectivity index (χ2n) is 8.17. The largest absolute Gasteiger partial charge is 0.465 e. The number of benzene rings is 1. The second kappa shape index (κ2) is 5.55. The Labute approximate surface area is 159 Å². The van der Waals surface area contributed by atoms with Crippen LogP contribution in [0.5, 0.6) is 0 Å². The van der Waals surface area contributed by atoms with Gasteiger partial charge < -0.3 is 4.74 Å². The van der Waals surface area contributed by atoms with Crippen LogP contribution in [-0.4, -0.2) is 28.1 Å². The minimum absolute atomic E-state index is 0.0344. The zero-order chi connectivity index (χ0) is 18.0. The lowest BCUT2D eigenvalue weighted by atomic mass is 9.69. The van der Waals surface area contributed by atoms with Gasteiger partial charge in [0.15, 0.2) is 0 Å². The SMILES string of the molecule is CC1(C)C2CC[C@@]1(C)[C@H]1[C@@H]2OC(=S)N1C(=O)/C=C/c1ccc(Cl)cc1. The van der Waals surface area contributed by atoms with Crippen LogP contribution in [0.15, 0.2) is 30.3 Å². The van der Waals surface area contributed by atoms with Crippen LogP contribution in [0.3, 0.4) is 0 Å². The van der Waals surface area contributed by atoms with E-state index in [0.717, 1.165) is 18.4 Å². The van der Waals surface area contributed by atoms with E-state index in [0.29, 0.717) is 16.1 Å². The number of thiocarbonyl (C=S) groups is 1. The molecule has 3 fully saturated rings. The molecule has 0 N–H and O–H groups in total. The van der Waals surface area contributed by atoms with E-state index >= 15 is 0 Å². The van der Waals surface area contributed by atoms with Gasteiger partial charge in [-0.15, -0.1) is 0 Å². The summed E-state index contributed by atoms with van der Waals surface area (Å²) in [4.78, 5) is 14.6. The fourth-order valence-electron chi connectivity index (χ4n) is 5.16. The van der Waals surface area contributed by atoms with Gasteiger partial charge in [-0.25, -0.2) is 0 Å². The second-order valence-corrected chi connectivity index (χ2v) is 8.96. The first-order chi connectivity index (χ1) is 11.8. The number of nitrogens with zero attached hydrogens (tertiary/aromatic N) is 1. The van der Waals surface area contributed by atoms with Crippen molar-refractivity contribution >= 4 is 41.0 Å². The molecule has 1 unspecified atom stereocenters. The van der Waals surface area contributed by atoms with E-state index < -0.39 is 0 Å². The molecule has 3 nitrogen and oxygen atoms in total. The molecule has 0 spiro atoms. The average Bonchev–Trinajstić information content (AvgIpc) is 3.07. The molecule has 1 aromatic rings. The molecule has 25 heavy (non-hydrogen) atoms. The molecule has 5 heteroatoms. The number of fused-ring (bicyclic) bond motifs is 5. The molecule has 4 rings (SSSR count). The number of amides is 1. The molecule has 1 aliphatic heterocycles. The van der Waals surface area contributed by atoms with Gasteiger partial charge in [0.05, 0.1) is 6.04 Å². The lowest BCUT2D eigenvalue weighted by Crippen LogP contribution is -2.49. The maximum atomic E-state index is 12.9. The highest BCUT2D eigenvalue weighted by Gasteiger charge is 2.72. The maximum absolute atomic E-state index is 12.9. The van der Waals surface area contributed by atoms with Gasteiger partial charge in [0.1, 0.15) is 6.10 Å². The summed E-state index contributed by atoms with van der Waals surface area (Å²) in [5.74, 6) is 0.357. The Morgan fingerprint density at radius 1 is 1.32 bits per heavy atom. The van der Waals surface area contributed by atoms with Crippen LogP contribution in [0, 0.1) is 16.7 Å². The smallest absolute Gasteiger partial charge is 0.267 e. The summed E-state index contributed by atoms with van der Waals surface area (Å²) in [6.07, 6.45) is 5.69. The predicted octanol–water partition coefficient (Wildman–Crippen LogP) is 4.69. The first-order valence-electron chi connectivity index (χ1n) is 8.73. The molecule has 4 atom stereocenters. The van der Waals surface area contributed by atoms with Crippen molar-refractivity contribution < 1.29 is 9.53 Å². The van der Waals surface area contributed by atoms with Crippen molar-refractivity contribution in [2.45, 2.75) is 45.8 Å². The van der Waals surface area contributed by atoms with Crippen molar-refractivity contribution in [2.75, 3.05) is 0 Å². The average molecular weight is 376 g/mol. The molecule has 0 radical (unpaired) electrons. The summed E-state index contributed by atoms with van der Waals surface area (Å²) in [5.41, 5.74) is 1.11. The third-order valence-electron chi connectivity index (χ3n) is 6.97. The van der Waals surface area contributed by atoms with Crippen LogP contribution < -0.4 is 0 Å². The third-order valence-corrected chi connectivity index (χ3v) is 7.52. The number of rotatable bonds is 2.